The molecular formula is C19H26N2O4. The molecule has 0 atom stereocenters. The number of aromatic nitrogens is 1. The lowest BCUT2D eigenvalue weighted by Crippen LogP contribution is -2.17. The predicted octanol–water partition coefficient (Wildman–Crippen LogP) is 2.41. The number of hydrogen-bond donors (Lipinski definition) is 2. The highest BCUT2D eigenvalue weighted by Crippen LogP contribution is 2.28. The Bertz CT molecular complexity index is 608. The second-order valence-corrected chi connectivity index (χ2v) is 5.33. The van der Waals surface area contributed by atoms with Gasteiger partial charge in [0.2, 0.25) is 5.88 Å². The molecule has 0 amide bonds. The lowest BCUT2D eigenvalue weighted by Gasteiger charge is -2.13. The molecule has 0 radical (unpaired) electrons. The zero-order chi connectivity index (χ0) is 17.7. The zero-order valence-electron chi connectivity index (χ0n) is 14.6. The van der Waals surface area contributed by atoms with E-state index in [9.17, 15) is 0 Å². The average molecular weight is 346 g/mol. The van der Waals surface area contributed by atoms with Crippen LogP contribution >= 0.6 is 0 Å². The van der Waals surface area contributed by atoms with Crippen molar-refractivity contribution in [3.8, 4) is 17.4 Å². The highest BCUT2D eigenvalue weighted by Gasteiger charge is 2.06. The third-order valence-electron chi connectivity index (χ3n) is 3.37. The Balaban J connectivity index is 1.71. The molecule has 2 N–H and O–H groups in total. The number of benzene rings is 1. The number of rotatable bonds is 12. The summed E-state index contributed by atoms with van der Waals surface area (Å²) in [5.41, 5.74) is 1.12. The van der Waals surface area contributed by atoms with E-state index in [0.29, 0.717) is 30.6 Å². The first-order valence-corrected chi connectivity index (χ1v) is 8.57. The predicted molar refractivity (Wildman–Crippen MR) is 96.2 cm³/mol. The molecule has 1 aromatic carbocycles. The van der Waals surface area contributed by atoms with E-state index in [1.54, 1.807) is 6.20 Å². The number of hydrogen-bond acceptors (Lipinski definition) is 6. The van der Waals surface area contributed by atoms with Crippen molar-refractivity contribution in [3.05, 3.63) is 48.2 Å². The summed E-state index contributed by atoms with van der Waals surface area (Å²) in [6, 6.07) is 11.5. The summed E-state index contributed by atoms with van der Waals surface area (Å²) in [5.74, 6) is 2.01. The smallest absolute Gasteiger partial charge is 0.213 e. The molecule has 0 fully saturated rings. The van der Waals surface area contributed by atoms with Gasteiger partial charge >= 0.3 is 0 Å². The van der Waals surface area contributed by atoms with Crippen LogP contribution < -0.4 is 19.5 Å². The van der Waals surface area contributed by atoms with Crippen molar-refractivity contribution < 1.29 is 19.3 Å². The molecule has 0 unspecified atom stereocenters. The molecule has 0 aliphatic carbocycles. The molecule has 2 rings (SSSR count). The van der Waals surface area contributed by atoms with E-state index in [0.717, 1.165) is 25.1 Å². The van der Waals surface area contributed by atoms with Gasteiger partial charge < -0.3 is 24.6 Å². The third-order valence-corrected chi connectivity index (χ3v) is 3.37. The maximum absolute atomic E-state index is 8.87. The summed E-state index contributed by atoms with van der Waals surface area (Å²) < 4.78 is 16.6. The molecule has 0 saturated heterocycles. The lowest BCUT2D eigenvalue weighted by molar-refractivity contribution is 0.194. The molecule has 136 valence electrons. The van der Waals surface area contributed by atoms with E-state index in [2.05, 4.69) is 10.3 Å². The van der Waals surface area contributed by atoms with Gasteiger partial charge in [-0.25, -0.2) is 4.98 Å². The van der Waals surface area contributed by atoms with E-state index in [1.807, 2.05) is 43.3 Å². The molecule has 1 heterocycles. The summed E-state index contributed by atoms with van der Waals surface area (Å²) in [6.45, 7) is 4.95. The van der Waals surface area contributed by atoms with Crippen LogP contribution in [0.3, 0.4) is 0 Å². The quantitative estimate of drug-likeness (QED) is 0.575. The van der Waals surface area contributed by atoms with Gasteiger partial charge in [0.15, 0.2) is 11.5 Å². The van der Waals surface area contributed by atoms with Crippen LogP contribution in [-0.2, 0) is 6.54 Å². The highest BCUT2D eigenvalue weighted by atomic mass is 16.5. The van der Waals surface area contributed by atoms with Gasteiger partial charge in [-0.3, -0.25) is 0 Å². The van der Waals surface area contributed by atoms with Crippen molar-refractivity contribution in [3.63, 3.8) is 0 Å². The fourth-order valence-electron chi connectivity index (χ4n) is 2.24. The van der Waals surface area contributed by atoms with Gasteiger partial charge in [0.05, 0.1) is 19.8 Å². The minimum atomic E-state index is -0.0184. The van der Waals surface area contributed by atoms with Crippen molar-refractivity contribution in [1.82, 2.24) is 10.3 Å². The van der Waals surface area contributed by atoms with E-state index in [4.69, 9.17) is 19.3 Å². The van der Waals surface area contributed by atoms with Gasteiger partial charge in [-0.2, -0.15) is 0 Å². The first-order valence-electron chi connectivity index (χ1n) is 8.57. The Morgan fingerprint density at radius 2 is 1.96 bits per heavy atom. The fraction of sp³-hybridized carbons (Fsp3) is 0.421. The Kier molecular flexibility index (Phi) is 8.58. The van der Waals surface area contributed by atoms with Crippen LogP contribution in [0.25, 0.3) is 0 Å². The summed E-state index contributed by atoms with van der Waals surface area (Å²) in [5, 5.41) is 12.3. The van der Waals surface area contributed by atoms with E-state index < -0.39 is 0 Å². The third kappa shape index (κ3) is 6.99. The van der Waals surface area contributed by atoms with E-state index in [1.165, 1.54) is 0 Å². The number of aliphatic hydroxyl groups excluding tert-OH is 1. The van der Waals surface area contributed by atoms with Gasteiger partial charge in [-0.15, -0.1) is 0 Å². The number of nitrogens with zero attached hydrogens (tertiary/aromatic N) is 1. The molecule has 6 nitrogen and oxygen atoms in total. The van der Waals surface area contributed by atoms with Gasteiger partial charge in [0.1, 0.15) is 6.61 Å². The number of pyridine rings is 1. The van der Waals surface area contributed by atoms with E-state index >= 15 is 0 Å². The second kappa shape index (κ2) is 11.3. The monoisotopic (exact) mass is 346 g/mol. The molecule has 0 aliphatic rings. The topological polar surface area (TPSA) is 72.8 Å². The molecule has 6 heteroatoms. The van der Waals surface area contributed by atoms with E-state index in [-0.39, 0.29) is 13.2 Å². The van der Waals surface area contributed by atoms with Crippen LogP contribution in [0.4, 0.5) is 0 Å². The summed E-state index contributed by atoms with van der Waals surface area (Å²) in [6.07, 6.45) is 2.62. The summed E-state index contributed by atoms with van der Waals surface area (Å²) in [7, 11) is 0. The minimum Gasteiger partial charge on any atom is -0.490 e. The normalized spacial score (nSPS) is 10.5. The van der Waals surface area contributed by atoms with Crippen molar-refractivity contribution in [2.24, 2.45) is 0 Å². The maximum Gasteiger partial charge on any atom is 0.213 e. The maximum atomic E-state index is 8.87. The van der Waals surface area contributed by atoms with Crippen LogP contribution in [0.5, 0.6) is 17.4 Å². The first kappa shape index (κ1) is 19.0. The number of ether oxygens (including phenoxy) is 3. The zero-order valence-corrected chi connectivity index (χ0v) is 14.6. The molecular weight excluding hydrogens is 320 g/mol. The van der Waals surface area contributed by atoms with Crippen LogP contribution in [0.15, 0.2) is 42.6 Å². The SMILES string of the molecule is CCOc1cc(CNCCCOc2ccccn2)ccc1OCCO. The van der Waals surface area contributed by atoms with Gasteiger partial charge in [-0.05, 0) is 43.7 Å². The lowest BCUT2D eigenvalue weighted by atomic mass is 10.2. The van der Waals surface area contributed by atoms with Crippen molar-refractivity contribution in [1.29, 1.82) is 0 Å². The van der Waals surface area contributed by atoms with Crippen LogP contribution in [0.2, 0.25) is 0 Å². The summed E-state index contributed by atoms with van der Waals surface area (Å²) >= 11 is 0. The van der Waals surface area contributed by atoms with Crippen LogP contribution in [0.1, 0.15) is 18.9 Å². The first-order chi connectivity index (χ1) is 12.3. The molecule has 0 bridgehead atoms. The molecule has 0 saturated carbocycles. The molecule has 1 aromatic heterocycles. The van der Waals surface area contributed by atoms with Crippen LogP contribution in [0, 0.1) is 0 Å². The Labute approximate surface area is 148 Å². The largest absolute Gasteiger partial charge is 0.490 e. The summed E-state index contributed by atoms with van der Waals surface area (Å²) in [4.78, 5) is 4.12. The Hall–Kier alpha value is -2.31. The molecule has 25 heavy (non-hydrogen) atoms. The van der Waals surface area contributed by atoms with Crippen molar-refractivity contribution in [2.75, 3.05) is 33.0 Å². The van der Waals surface area contributed by atoms with Crippen molar-refractivity contribution in [2.45, 2.75) is 19.9 Å². The number of aliphatic hydroxyl groups is 1. The van der Waals surface area contributed by atoms with Crippen LogP contribution in [-0.4, -0.2) is 43.1 Å². The molecule has 2 aromatic rings. The Morgan fingerprint density at radius 3 is 2.72 bits per heavy atom. The molecule has 0 aliphatic heterocycles. The molecule has 0 spiro atoms. The van der Waals surface area contributed by atoms with Gasteiger partial charge in [0, 0.05) is 18.8 Å². The number of nitrogens with one attached hydrogen (secondary N) is 1. The minimum absolute atomic E-state index is 0.0184. The standard InChI is InChI=1S/C19H26N2O4/c1-2-23-18-14-16(7-8-17(18)24-13-11-22)15-20-9-5-12-25-19-6-3-4-10-21-19/h3-4,6-8,10,14,20,22H,2,5,9,11-13,15H2,1H3. The van der Waals surface area contributed by atoms with Gasteiger partial charge in [-0.1, -0.05) is 12.1 Å². The van der Waals surface area contributed by atoms with Gasteiger partial charge in [0.25, 0.3) is 0 Å². The highest BCUT2D eigenvalue weighted by molar-refractivity contribution is 5.43. The second-order valence-electron chi connectivity index (χ2n) is 5.33. The average Bonchev–Trinajstić information content (AvgIpc) is 2.65. The van der Waals surface area contributed by atoms with Crippen molar-refractivity contribution >= 4 is 0 Å². The Morgan fingerprint density at radius 1 is 1.04 bits per heavy atom. The fourth-order valence-corrected chi connectivity index (χ4v) is 2.24.